The fraction of sp³-hybridized carbons (Fsp3) is 0.346. The summed E-state index contributed by atoms with van der Waals surface area (Å²) in [5.41, 5.74) is 0.636. The van der Waals surface area contributed by atoms with Crippen LogP contribution in [-0.2, 0) is 12.7 Å². The van der Waals surface area contributed by atoms with E-state index in [9.17, 15) is 18.0 Å². The Kier molecular flexibility index (Phi) is 8.04. The van der Waals surface area contributed by atoms with Crippen LogP contribution in [0.15, 0.2) is 60.9 Å². The monoisotopic (exact) mass is 499 g/mol. The number of nitrogens with one attached hydrogen (secondary N) is 3. The highest BCUT2D eigenvalue weighted by molar-refractivity contribution is 6.07. The molecule has 3 heterocycles. The summed E-state index contributed by atoms with van der Waals surface area (Å²) in [5, 5.41) is 9.13. The molecule has 10 heteroatoms. The molecule has 0 bridgehead atoms. The third-order valence-corrected chi connectivity index (χ3v) is 6.14. The van der Waals surface area contributed by atoms with E-state index in [0.717, 1.165) is 43.6 Å². The number of rotatable bonds is 8. The second-order valence-electron chi connectivity index (χ2n) is 8.70. The van der Waals surface area contributed by atoms with Gasteiger partial charge in [-0.25, -0.2) is 9.97 Å². The summed E-state index contributed by atoms with van der Waals surface area (Å²) >= 11 is 0. The normalized spacial score (nSPS) is 15.2. The number of piperidine rings is 1. The van der Waals surface area contributed by atoms with Crippen LogP contribution in [0.1, 0.15) is 41.3 Å². The standard InChI is InChI=1S/C26H28F3N5O2/c1-17(19-9-12-30-13-10-19)36-23-15-18(8-14-31-23)16-33-24-22(3-2-11-32-24)25(35)34-21-6-4-20(5-7-21)26(27,28)29/h2-8,11,14-15,17,19,30H,9-10,12-13,16H2,1H3,(H,32,33)(H,34,35). The number of carbonyl (C=O) groups is 1. The van der Waals surface area contributed by atoms with E-state index in [4.69, 9.17) is 4.74 Å². The molecule has 1 aliphatic heterocycles. The lowest BCUT2D eigenvalue weighted by molar-refractivity contribution is -0.137. The van der Waals surface area contributed by atoms with Gasteiger partial charge in [-0.2, -0.15) is 13.2 Å². The Bertz CT molecular complexity index is 1160. The van der Waals surface area contributed by atoms with Crippen LogP contribution in [0.4, 0.5) is 24.7 Å². The molecule has 1 fully saturated rings. The first-order valence-corrected chi connectivity index (χ1v) is 11.8. The second-order valence-corrected chi connectivity index (χ2v) is 8.70. The van der Waals surface area contributed by atoms with Gasteiger partial charge in [-0.15, -0.1) is 0 Å². The van der Waals surface area contributed by atoms with Gasteiger partial charge in [0.15, 0.2) is 0 Å². The molecule has 1 aromatic carbocycles. The second kappa shape index (κ2) is 11.4. The molecule has 36 heavy (non-hydrogen) atoms. The Hall–Kier alpha value is -3.66. The predicted molar refractivity (Wildman–Crippen MR) is 131 cm³/mol. The van der Waals surface area contributed by atoms with E-state index in [0.29, 0.717) is 24.2 Å². The molecule has 190 valence electrons. The average Bonchev–Trinajstić information content (AvgIpc) is 2.88. The van der Waals surface area contributed by atoms with Crippen LogP contribution < -0.4 is 20.7 Å². The van der Waals surface area contributed by atoms with Crippen molar-refractivity contribution in [2.45, 2.75) is 38.6 Å². The smallest absolute Gasteiger partial charge is 0.416 e. The Labute approximate surface area is 207 Å². The number of aromatic nitrogens is 2. The molecule has 1 aliphatic rings. The number of halogens is 3. The van der Waals surface area contributed by atoms with Crippen molar-refractivity contribution in [2.24, 2.45) is 5.92 Å². The van der Waals surface area contributed by atoms with E-state index in [1.165, 1.54) is 12.1 Å². The van der Waals surface area contributed by atoms with Gasteiger partial charge >= 0.3 is 6.18 Å². The molecule has 3 aromatic rings. The lowest BCUT2D eigenvalue weighted by atomic mass is 9.93. The summed E-state index contributed by atoms with van der Waals surface area (Å²) < 4.78 is 44.4. The molecule has 4 rings (SSSR count). The van der Waals surface area contributed by atoms with Crippen molar-refractivity contribution in [3.8, 4) is 5.88 Å². The van der Waals surface area contributed by atoms with Gasteiger partial charge < -0.3 is 20.7 Å². The number of nitrogens with zero attached hydrogens (tertiary/aromatic N) is 2. The molecule has 0 radical (unpaired) electrons. The molecule has 1 atom stereocenters. The maximum Gasteiger partial charge on any atom is 0.416 e. The van der Waals surface area contributed by atoms with Gasteiger partial charge in [-0.3, -0.25) is 4.79 Å². The number of anilines is 2. The Morgan fingerprint density at radius 1 is 1.11 bits per heavy atom. The van der Waals surface area contributed by atoms with Crippen molar-refractivity contribution >= 4 is 17.4 Å². The quantitative estimate of drug-likeness (QED) is 0.399. The van der Waals surface area contributed by atoms with Crippen molar-refractivity contribution in [1.29, 1.82) is 0 Å². The number of ether oxygens (including phenoxy) is 1. The third-order valence-electron chi connectivity index (χ3n) is 6.14. The number of pyridine rings is 2. The molecule has 0 spiro atoms. The first-order chi connectivity index (χ1) is 17.3. The van der Waals surface area contributed by atoms with Crippen LogP contribution in [0.5, 0.6) is 5.88 Å². The minimum absolute atomic E-state index is 0.0547. The van der Waals surface area contributed by atoms with Crippen molar-refractivity contribution in [3.05, 3.63) is 77.6 Å². The highest BCUT2D eigenvalue weighted by Gasteiger charge is 2.30. The summed E-state index contributed by atoms with van der Waals surface area (Å²) in [6, 6.07) is 11.2. The summed E-state index contributed by atoms with van der Waals surface area (Å²) in [6.07, 6.45) is 0.987. The number of hydrogen-bond donors (Lipinski definition) is 3. The van der Waals surface area contributed by atoms with E-state index in [2.05, 4.69) is 32.8 Å². The van der Waals surface area contributed by atoms with Gasteiger partial charge in [-0.1, -0.05) is 0 Å². The fourth-order valence-corrected chi connectivity index (χ4v) is 4.08. The van der Waals surface area contributed by atoms with Crippen molar-refractivity contribution in [1.82, 2.24) is 15.3 Å². The summed E-state index contributed by atoms with van der Waals surface area (Å²) in [7, 11) is 0. The van der Waals surface area contributed by atoms with Gasteiger partial charge in [0.05, 0.1) is 11.1 Å². The van der Waals surface area contributed by atoms with Crippen LogP contribution in [0, 0.1) is 5.92 Å². The van der Waals surface area contributed by atoms with E-state index >= 15 is 0 Å². The van der Waals surface area contributed by atoms with Crippen LogP contribution in [0.25, 0.3) is 0 Å². The molecule has 7 nitrogen and oxygen atoms in total. The number of amides is 1. The summed E-state index contributed by atoms with van der Waals surface area (Å²) in [4.78, 5) is 21.4. The maximum atomic E-state index is 12.8. The van der Waals surface area contributed by atoms with E-state index in [1.54, 1.807) is 24.5 Å². The molecular weight excluding hydrogens is 471 g/mol. The van der Waals surface area contributed by atoms with Gasteiger partial charge in [0.2, 0.25) is 5.88 Å². The summed E-state index contributed by atoms with van der Waals surface area (Å²) in [6.45, 7) is 4.43. The zero-order chi connectivity index (χ0) is 25.5. The minimum atomic E-state index is -4.44. The van der Waals surface area contributed by atoms with E-state index in [-0.39, 0.29) is 17.4 Å². The zero-order valence-corrected chi connectivity index (χ0v) is 19.8. The minimum Gasteiger partial charge on any atom is -0.474 e. The molecule has 1 saturated heterocycles. The van der Waals surface area contributed by atoms with E-state index < -0.39 is 17.6 Å². The molecule has 2 aromatic heterocycles. The lowest BCUT2D eigenvalue weighted by Crippen LogP contribution is -2.35. The molecule has 0 saturated carbocycles. The summed E-state index contributed by atoms with van der Waals surface area (Å²) in [5.74, 6) is 0.889. The van der Waals surface area contributed by atoms with Gasteiger partial charge in [0, 0.05) is 30.7 Å². The number of carbonyl (C=O) groups excluding carboxylic acids is 1. The average molecular weight is 500 g/mol. The van der Waals surface area contributed by atoms with Gasteiger partial charge in [-0.05, 0) is 86.8 Å². The highest BCUT2D eigenvalue weighted by atomic mass is 19.4. The molecule has 3 N–H and O–H groups in total. The Morgan fingerprint density at radius 2 is 1.86 bits per heavy atom. The predicted octanol–water partition coefficient (Wildman–Crippen LogP) is 5.13. The van der Waals surface area contributed by atoms with E-state index in [1.807, 2.05) is 12.1 Å². The van der Waals surface area contributed by atoms with Crippen molar-refractivity contribution < 1.29 is 22.7 Å². The molecule has 0 aliphatic carbocycles. The lowest BCUT2D eigenvalue weighted by Gasteiger charge is -2.28. The fourth-order valence-electron chi connectivity index (χ4n) is 4.08. The molecule has 1 amide bonds. The third kappa shape index (κ3) is 6.72. The van der Waals surface area contributed by atoms with Crippen LogP contribution in [0.2, 0.25) is 0 Å². The number of benzene rings is 1. The van der Waals surface area contributed by atoms with Crippen molar-refractivity contribution in [3.63, 3.8) is 0 Å². The van der Waals surface area contributed by atoms with Crippen LogP contribution in [-0.4, -0.2) is 35.1 Å². The Morgan fingerprint density at radius 3 is 2.58 bits per heavy atom. The maximum absolute atomic E-state index is 12.8. The largest absolute Gasteiger partial charge is 0.474 e. The zero-order valence-electron chi connectivity index (χ0n) is 19.8. The first kappa shape index (κ1) is 25.4. The van der Waals surface area contributed by atoms with Gasteiger partial charge in [0.1, 0.15) is 11.9 Å². The molecular formula is C26H28F3N5O2. The number of alkyl halides is 3. The molecule has 1 unspecified atom stereocenters. The number of hydrogen-bond acceptors (Lipinski definition) is 6. The topological polar surface area (TPSA) is 88.2 Å². The first-order valence-electron chi connectivity index (χ1n) is 11.8. The Balaban J connectivity index is 1.38. The van der Waals surface area contributed by atoms with Crippen LogP contribution >= 0.6 is 0 Å². The highest BCUT2D eigenvalue weighted by Crippen LogP contribution is 2.30. The van der Waals surface area contributed by atoms with Gasteiger partial charge in [0.25, 0.3) is 5.91 Å². The van der Waals surface area contributed by atoms with Crippen molar-refractivity contribution in [2.75, 3.05) is 23.7 Å². The SMILES string of the molecule is CC(Oc1cc(CNc2ncccc2C(=O)Nc2ccc(C(F)(F)F)cc2)ccn1)C1CCNCC1. The van der Waals surface area contributed by atoms with Crippen LogP contribution in [0.3, 0.4) is 0 Å².